The summed E-state index contributed by atoms with van der Waals surface area (Å²) in [5, 5.41) is 11.5. The molecule has 2 atom stereocenters. The molecule has 2 N–H and O–H groups in total. The highest BCUT2D eigenvalue weighted by Crippen LogP contribution is 2.29. The van der Waals surface area contributed by atoms with E-state index in [1.807, 2.05) is 6.92 Å². The lowest BCUT2D eigenvalue weighted by Crippen LogP contribution is -2.45. The average Bonchev–Trinajstić information content (AvgIpc) is 2.33. The van der Waals surface area contributed by atoms with E-state index < -0.39 is 24.6 Å². The molecule has 0 radical (unpaired) electrons. The van der Waals surface area contributed by atoms with Crippen LogP contribution in [0.25, 0.3) is 0 Å². The largest absolute Gasteiger partial charge is 0.481 e. The number of halogens is 3. The minimum absolute atomic E-state index is 0.00972. The molecule has 0 heterocycles. The minimum Gasteiger partial charge on any atom is -0.481 e. The maximum absolute atomic E-state index is 12.5. The number of carboxylic acids is 1. The number of nitrogens with one attached hydrogen (secondary N) is 1. The van der Waals surface area contributed by atoms with Gasteiger partial charge in [0.05, 0.1) is 0 Å². The Morgan fingerprint density at radius 3 is 2.32 bits per heavy atom. The number of hydrogen-bond acceptors (Lipinski definition) is 2. The van der Waals surface area contributed by atoms with Crippen molar-refractivity contribution in [2.45, 2.75) is 57.7 Å². The predicted molar refractivity (Wildman–Crippen MR) is 65.8 cm³/mol. The first-order valence-electron chi connectivity index (χ1n) is 6.89. The van der Waals surface area contributed by atoms with E-state index in [2.05, 4.69) is 5.32 Å². The van der Waals surface area contributed by atoms with Crippen LogP contribution in [0.5, 0.6) is 0 Å². The maximum atomic E-state index is 12.5. The zero-order valence-corrected chi connectivity index (χ0v) is 11.2. The van der Waals surface area contributed by atoms with Crippen molar-refractivity contribution in [2.24, 2.45) is 11.8 Å². The SMILES string of the molecule is CCC(NCC(C(=O)O)C(F)(F)F)C1CCCCC1. The molecule has 0 aromatic heterocycles. The maximum Gasteiger partial charge on any atom is 0.403 e. The quantitative estimate of drug-likeness (QED) is 0.786. The molecule has 0 aromatic carbocycles. The van der Waals surface area contributed by atoms with Crippen LogP contribution in [0.1, 0.15) is 45.4 Å². The molecule has 0 bridgehead atoms. The van der Waals surface area contributed by atoms with Gasteiger partial charge in [-0.3, -0.25) is 4.79 Å². The van der Waals surface area contributed by atoms with Gasteiger partial charge in [0.2, 0.25) is 0 Å². The normalized spacial score (nSPS) is 21.1. The van der Waals surface area contributed by atoms with Crippen LogP contribution in [0.2, 0.25) is 0 Å². The lowest BCUT2D eigenvalue weighted by atomic mass is 9.83. The van der Waals surface area contributed by atoms with Crippen LogP contribution < -0.4 is 5.32 Å². The van der Waals surface area contributed by atoms with Crippen LogP contribution in [0.3, 0.4) is 0 Å². The summed E-state index contributed by atoms with van der Waals surface area (Å²) in [4.78, 5) is 10.7. The van der Waals surface area contributed by atoms with Crippen molar-refractivity contribution >= 4 is 5.97 Å². The van der Waals surface area contributed by atoms with E-state index in [0.717, 1.165) is 32.1 Å². The second kappa shape index (κ2) is 7.12. The Kier molecular flexibility index (Phi) is 6.10. The van der Waals surface area contributed by atoms with Gasteiger partial charge in [0, 0.05) is 12.6 Å². The summed E-state index contributed by atoms with van der Waals surface area (Å²) in [7, 11) is 0. The third-order valence-electron chi connectivity index (χ3n) is 3.94. The van der Waals surface area contributed by atoms with Crippen molar-refractivity contribution in [3.8, 4) is 0 Å². The Morgan fingerprint density at radius 1 is 1.32 bits per heavy atom. The van der Waals surface area contributed by atoms with Gasteiger partial charge >= 0.3 is 12.1 Å². The second-order valence-electron chi connectivity index (χ2n) is 5.25. The summed E-state index contributed by atoms with van der Waals surface area (Å²) < 4.78 is 37.6. The van der Waals surface area contributed by atoms with Crippen LogP contribution >= 0.6 is 0 Å². The zero-order chi connectivity index (χ0) is 14.5. The monoisotopic (exact) mass is 281 g/mol. The molecule has 1 saturated carbocycles. The van der Waals surface area contributed by atoms with Gasteiger partial charge in [-0.2, -0.15) is 13.2 Å². The Morgan fingerprint density at radius 2 is 1.89 bits per heavy atom. The van der Waals surface area contributed by atoms with Crippen LogP contribution in [0, 0.1) is 11.8 Å². The van der Waals surface area contributed by atoms with E-state index in [0.29, 0.717) is 5.92 Å². The number of hydrogen-bond donors (Lipinski definition) is 2. The van der Waals surface area contributed by atoms with Gasteiger partial charge in [-0.05, 0) is 25.2 Å². The van der Waals surface area contributed by atoms with Gasteiger partial charge < -0.3 is 10.4 Å². The van der Waals surface area contributed by atoms with Crippen molar-refractivity contribution < 1.29 is 23.1 Å². The van der Waals surface area contributed by atoms with E-state index in [9.17, 15) is 18.0 Å². The second-order valence-corrected chi connectivity index (χ2v) is 5.25. The molecular weight excluding hydrogens is 259 g/mol. The molecule has 0 aliphatic heterocycles. The smallest absolute Gasteiger partial charge is 0.403 e. The summed E-state index contributed by atoms with van der Waals surface area (Å²) in [5.41, 5.74) is 0. The highest BCUT2D eigenvalue weighted by molar-refractivity contribution is 5.71. The molecule has 3 nitrogen and oxygen atoms in total. The van der Waals surface area contributed by atoms with Crippen LogP contribution in [-0.4, -0.2) is 29.8 Å². The van der Waals surface area contributed by atoms with Gasteiger partial charge in [0.1, 0.15) is 0 Å². The van der Waals surface area contributed by atoms with Gasteiger partial charge in [0.25, 0.3) is 0 Å². The lowest BCUT2D eigenvalue weighted by molar-refractivity contribution is -0.192. The summed E-state index contributed by atoms with van der Waals surface area (Å²) in [6.07, 6.45) is 1.51. The highest BCUT2D eigenvalue weighted by atomic mass is 19.4. The molecule has 0 amide bonds. The van der Waals surface area contributed by atoms with E-state index in [4.69, 9.17) is 5.11 Å². The molecule has 1 fully saturated rings. The molecule has 6 heteroatoms. The highest BCUT2D eigenvalue weighted by Gasteiger charge is 2.45. The number of carbonyl (C=O) groups is 1. The minimum atomic E-state index is -4.69. The Balaban J connectivity index is 2.53. The Bertz CT molecular complexity index is 288. The molecule has 0 aromatic rings. The van der Waals surface area contributed by atoms with Crippen molar-refractivity contribution in [1.29, 1.82) is 0 Å². The third-order valence-corrected chi connectivity index (χ3v) is 3.94. The van der Waals surface area contributed by atoms with Crippen molar-refractivity contribution in [2.75, 3.05) is 6.54 Å². The van der Waals surface area contributed by atoms with Gasteiger partial charge in [-0.25, -0.2) is 0 Å². The molecular formula is C13H22F3NO2. The van der Waals surface area contributed by atoms with Crippen LogP contribution in [0.15, 0.2) is 0 Å². The molecule has 19 heavy (non-hydrogen) atoms. The number of alkyl halides is 3. The number of rotatable bonds is 6. The van der Waals surface area contributed by atoms with E-state index >= 15 is 0 Å². The Hall–Kier alpha value is -0.780. The predicted octanol–water partition coefficient (Wildman–Crippen LogP) is 3.20. The lowest BCUT2D eigenvalue weighted by Gasteiger charge is -2.31. The standard InChI is InChI=1S/C13H22F3NO2/c1-2-11(9-6-4-3-5-7-9)17-8-10(12(18)19)13(14,15)16/h9-11,17H,2-8H2,1H3,(H,18,19). The van der Waals surface area contributed by atoms with Crippen LogP contribution in [-0.2, 0) is 4.79 Å². The molecule has 2 unspecified atom stereocenters. The third kappa shape index (κ3) is 5.01. The fraction of sp³-hybridized carbons (Fsp3) is 0.923. The fourth-order valence-corrected chi connectivity index (χ4v) is 2.79. The Labute approximate surface area is 111 Å². The first-order valence-corrected chi connectivity index (χ1v) is 6.89. The number of carboxylic acid groups (broad SMARTS) is 1. The summed E-state index contributed by atoms with van der Waals surface area (Å²) in [6, 6.07) is -0.00972. The first kappa shape index (κ1) is 16.3. The van der Waals surface area contributed by atoms with E-state index in [1.165, 1.54) is 6.42 Å². The van der Waals surface area contributed by atoms with Crippen LogP contribution in [0.4, 0.5) is 13.2 Å². The van der Waals surface area contributed by atoms with Crippen molar-refractivity contribution in [1.82, 2.24) is 5.32 Å². The van der Waals surface area contributed by atoms with Gasteiger partial charge in [0.15, 0.2) is 5.92 Å². The first-order chi connectivity index (χ1) is 8.86. The molecule has 0 spiro atoms. The topological polar surface area (TPSA) is 49.3 Å². The number of aliphatic carboxylic acids is 1. The molecule has 1 aliphatic rings. The molecule has 1 aliphatic carbocycles. The fourth-order valence-electron chi connectivity index (χ4n) is 2.79. The van der Waals surface area contributed by atoms with Gasteiger partial charge in [-0.1, -0.05) is 26.2 Å². The molecule has 0 saturated heterocycles. The summed E-state index contributed by atoms with van der Waals surface area (Å²) in [6.45, 7) is 1.39. The summed E-state index contributed by atoms with van der Waals surface area (Å²) in [5.74, 6) is -3.75. The average molecular weight is 281 g/mol. The van der Waals surface area contributed by atoms with Gasteiger partial charge in [-0.15, -0.1) is 0 Å². The van der Waals surface area contributed by atoms with E-state index in [1.54, 1.807) is 0 Å². The zero-order valence-electron chi connectivity index (χ0n) is 11.2. The molecule has 112 valence electrons. The van der Waals surface area contributed by atoms with E-state index in [-0.39, 0.29) is 6.04 Å². The molecule has 1 rings (SSSR count). The van der Waals surface area contributed by atoms with Crippen molar-refractivity contribution in [3.63, 3.8) is 0 Å². The van der Waals surface area contributed by atoms with Crippen molar-refractivity contribution in [3.05, 3.63) is 0 Å². The summed E-state index contributed by atoms with van der Waals surface area (Å²) >= 11 is 0.